The lowest BCUT2D eigenvalue weighted by molar-refractivity contribution is 0.0690. The van der Waals surface area contributed by atoms with Gasteiger partial charge < -0.3 is 14.4 Å². The molecule has 0 unspecified atom stereocenters. The van der Waals surface area contributed by atoms with E-state index in [2.05, 4.69) is 51.0 Å². The number of hydrogen-bond acceptors (Lipinski definition) is 5. The summed E-state index contributed by atoms with van der Waals surface area (Å²) in [4.78, 5) is 21.0. The molecular formula is C32H25N5O3. The number of carboxylic acids is 1. The van der Waals surface area contributed by atoms with Crippen molar-refractivity contribution in [3.8, 4) is 23.0 Å². The monoisotopic (exact) mass is 527 g/mol. The molecule has 0 aliphatic rings. The van der Waals surface area contributed by atoms with E-state index in [9.17, 15) is 9.90 Å². The Hall–Kier alpha value is -5.50. The fourth-order valence-corrected chi connectivity index (χ4v) is 5.11. The van der Waals surface area contributed by atoms with E-state index in [1.807, 2.05) is 60.8 Å². The highest BCUT2D eigenvalue weighted by Crippen LogP contribution is 2.41. The summed E-state index contributed by atoms with van der Waals surface area (Å²) in [5.41, 5.74) is 3.96. The van der Waals surface area contributed by atoms with Gasteiger partial charge in [-0.2, -0.15) is 5.10 Å². The van der Waals surface area contributed by atoms with E-state index in [0.717, 1.165) is 16.7 Å². The number of aromatic nitrogens is 5. The minimum atomic E-state index is -1.13. The molecule has 8 nitrogen and oxygen atoms in total. The van der Waals surface area contributed by atoms with Crippen LogP contribution in [0.2, 0.25) is 0 Å². The number of hydrogen-bond donors (Lipinski definition) is 1. The van der Waals surface area contributed by atoms with Crippen molar-refractivity contribution in [2.45, 2.75) is 5.54 Å². The number of carbonyl (C=O) groups is 1. The molecule has 3 heterocycles. The molecule has 0 amide bonds. The molecule has 0 radical (unpaired) electrons. The van der Waals surface area contributed by atoms with Crippen LogP contribution in [-0.4, -0.2) is 42.5 Å². The number of imidazole rings is 1. The highest BCUT2D eigenvalue weighted by atomic mass is 16.5. The highest BCUT2D eigenvalue weighted by molar-refractivity contribution is 5.87. The SMILES string of the molecule is COc1ccc(-n2nc(C(=O)O)cc2-c2cn(C(c3ccccc3)(c3ccccc3)c3ccccc3)cn2)cn1. The number of pyridine rings is 1. The maximum absolute atomic E-state index is 11.9. The van der Waals surface area contributed by atoms with E-state index in [1.165, 1.54) is 17.9 Å². The van der Waals surface area contributed by atoms with E-state index in [0.29, 0.717) is 23.0 Å². The summed E-state index contributed by atoms with van der Waals surface area (Å²) < 4.78 is 8.79. The molecule has 0 atom stereocenters. The van der Waals surface area contributed by atoms with Crippen molar-refractivity contribution < 1.29 is 14.6 Å². The Morgan fingerprint density at radius 2 is 1.38 bits per heavy atom. The average Bonchev–Trinajstić information content (AvgIpc) is 3.68. The summed E-state index contributed by atoms with van der Waals surface area (Å²) >= 11 is 0. The Labute approximate surface area is 230 Å². The van der Waals surface area contributed by atoms with Gasteiger partial charge in [0.05, 0.1) is 31.0 Å². The number of nitrogens with zero attached hydrogens (tertiary/aromatic N) is 5. The highest BCUT2D eigenvalue weighted by Gasteiger charge is 2.38. The molecule has 0 fully saturated rings. The predicted molar refractivity (Wildman–Crippen MR) is 151 cm³/mol. The van der Waals surface area contributed by atoms with Crippen LogP contribution in [-0.2, 0) is 5.54 Å². The lowest BCUT2D eigenvalue weighted by atomic mass is 9.77. The summed E-state index contributed by atoms with van der Waals surface area (Å²) in [7, 11) is 1.54. The molecule has 3 aromatic carbocycles. The molecule has 1 N–H and O–H groups in total. The largest absolute Gasteiger partial charge is 0.481 e. The Kier molecular flexibility index (Phi) is 6.41. The molecule has 196 valence electrons. The van der Waals surface area contributed by atoms with Crippen LogP contribution in [0.4, 0.5) is 0 Å². The van der Waals surface area contributed by atoms with Gasteiger partial charge in [-0.3, -0.25) is 0 Å². The molecule has 6 rings (SSSR count). The molecule has 3 aromatic heterocycles. The Balaban J connectivity index is 1.59. The number of rotatable bonds is 8. The van der Waals surface area contributed by atoms with E-state index in [4.69, 9.17) is 9.72 Å². The molecular weight excluding hydrogens is 502 g/mol. The van der Waals surface area contributed by atoms with Gasteiger partial charge in [0.1, 0.15) is 11.2 Å². The second kappa shape index (κ2) is 10.3. The molecule has 40 heavy (non-hydrogen) atoms. The van der Waals surface area contributed by atoms with E-state index >= 15 is 0 Å². The van der Waals surface area contributed by atoms with Crippen molar-refractivity contribution in [1.82, 2.24) is 24.3 Å². The minimum Gasteiger partial charge on any atom is -0.481 e. The molecule has 0 saturated heterocycles. The Morgan fingerprint density at radius 3 is 1.85 bits per heavy atom. The zero-order chi connectivity index (χ0) is 27.5. The lowest BCUT2D eigenvalue weighted by Gasteiger charge is -2.37. The smallest absolute Gasteiger partial charge is 0.356 e. The predicted octanol–water partition coefficient (Wildman–Crippen LogP) is 5.68. The van der Waals surface area contributed by atoms with Gasteiger partial charge >= 0.3 is 5.97 Å². The summed E-state index contributed by atoms with van der Waals surface area (Å²) in [6.45, 7) is 0. The van der Waals surface area contributed by atoms with Gasteiger partial charge in [-0.05, 0) is 22.8 Å². The molecule has 0 aliphatic carbocycles. The van der Waals surface area contributed by atoms with Gasteiger partial charge in [-0.1, -0.05) is 91.0 Å². The molecule has 8 heteroatoms. The van der Waals surface area contributed by atoms with Gasteiger partial charge in [0.25, 0.3) is 0 Å². The summed E-state index contributed by atoms with van der Waals surface area (Å²) in [5, 5.41) is 14.1. The first-order chi connectivity index (χ1) is 19.6. The van der Waals surface area contributed by atoms with Crippen LogP contribution in [0.3, 0.4) is 0 Å². The molecule has 6 aromatic rings. The van der Waals surface area contributed by atoms with Crippen LogP contribution in [0.15, 0.2) is 128 Å². The summed E-state index contributed by atoms with van der Waals surface area (Å²) in [6.07, 6.45) is 5.30. The zero-order valence-electron chi connectivity index (χ0n) is 21.6. The van der Waals surface area contributed by atoms with Crippen LogP contribution in [0.1, 0.15) is 27.2 Å². The number of benzene rings is 3. The topological polar surface area (TPSA) is 95.1 Å². The third-order valence-corrected chi connectivity index (χ3v) is 6.91. The normalized spacial score (nSPS) is 11.3. The van der Waals surface area contributed by atoms with E-state index in [1.54, 1.807) is 24.7 Å². The van der Waals surface area contributed by atoms with Crippen LogP contribution >= 0.6 is 0 Å². The Morgan fingerprint density at radius 1 is 0.800 bits per heavy atom. The van der Waals surface area contributed by atoms with E-state index < -0.39 is 11.5 Å². The number of ether oxygens (including phenoxy) is 1. The fraction of sp³-hybridized carbons (Fsp3) is 0.0625. The van der Waals surface area contributed by atoms with Crippen LogP contribution in [0.25, 0.3) is 17.1 Å². The standard InChI is InChI=1S/C32H25N5O3/c1-40-30-18-17-26(20-33-30)37-29(19-27(35-37)31(38)39)28-21-36(22-34-28)32(23-11-5-2-6-12-23,24-13-7-3-8-14-24)25-15-9-4-10-16-25/h2-22H,1H3,(H,38,39). The Bertz CT molecular complexity index is 1650. The third-order valence-electron chi connectivity index (χ3n) is 6.91. The van der Waals surface area contributed by atoms with Crippen molar-refractivity contribution in [3.05, 3.63) is 150 Å². The van der Waals surface area contributed by atoms with Crippen molar-refractivity contribution in [1.29, 1.82) is 0 Å². The molecule has 0 bridgehead atoms. The molecule has 0 spiro atoms. The maximum Gasteiger partial charge on any atom is 0.356 e. The quantitative estimate of drug-likeness (QED) is 0.256. The summed E-state index contributed by atoms with van der Waals surface area (Å²) in [5.74, 6) is -0.688. The zero-order valence-corrected chi connectivity index (χ0v) is 21.6. The van der Waals surface area contributed by atoms with Crippen molar-refractivity contribution in [2.75, 3.05) is 7.11 Å². The van der Waals surface area contributed by atoms with Crippen LogP contribution in [0, 0.1) is 0 Å². The van der Waals surface area contributed by atoms with Crippen molar-refractivity contribution in [3.63, 3.8) is 0 Å². The second-order valence-corrected chi connectivity index (χ2v) is 9.17. The average molecular weight is 528 g/mol. The van der Waals surface area contributed by atoms with Gasteiger partial charge in [-0.25, -0.2) is 19.4 Å². The molecule has 0 aliphatic heterocycles. The third kappa shape index (κ3) is 4.21. The van der Waals surface area contributed by atoms with Gasteiger partial charge in [0, 0.05) is 18.3 Å². The minimum absolute atomic E-state index is 0.0965. The first-order valence-corrected chi connectivity index (χ1v) is 12.7. The van der Waals surface area contributed by atoms with Crippen LogP contribution in [0.5, 0.6) is 5.88 Å². The maximum atomic E-state index is 11.9. The van der Waals surface area contributed by atoms with Gasteiger partial charge in [-0.15, -0.1) is 0 Å². The number of methoxy groups -OCH3 is 1. The van der Waals surface area contributed by atoms with Crippen molar-refractivity contribution >= 4 is 5.97 Å². The second-order valence-electron chi connectivity index (χ2n) is 9.17. The summed E-state index contributed by atoms with van der Waals surface area (Å²) in [6, 6.07) is 35.8. The van der Waals surface area contributed by atoms with Crippen molar-refractivity contribution in [2.24, 2.45) is 0 Å². The first-order valence-electron chi connectivity index (χ1n) is 12.7. The van der Waals surface area contributed by atoms with Gasteiger partial charge in [0.15, 0.2) is 5.69 Å². The van der Waals surface area contributed by atoms with E-state index in [-0.39, 0.29) is 5.69 Å². The first kappa shape index (κ1) is 24.8. The lowest BCUT2D eigenvalue weighted by Crippen LogP contribution is -2.36. The number of carboxylic acid groups (broad SMARTS) is 1. The number of aromatic carboxylic acids is 1. The fourth-order valence-electron chi connectivity index (χ4n) is 5.11. The van der Waals surface area contributed by atoms with Crippen LogP contribution < -0.4 is 4.74 Å². The van der Waals surface area contributed by atoms with Gasteiger partial charge in [0.2, 0.25) is 5.88 Å². The molecule has 0 saturated carbocycles.